The molecule has 1 amide bonds. The number of hydrogen-bond acceptors (Lipinski definition) is 4. The zero-order valence-electron chi connectivity index (χ0n) is 14.3. The maximum atomic E-state index is 12.1. The van der Waals surface area contributed by atoms with E-state index in [9.17, 15) is 9.90 Å². The van der Waals surface area contributed by atoms with Crippen molar-refractivity contribution in [1.29, 1.82) is 0 Å². The number of carbonyl (C=O) groups excluding carboxylic acids is 1. The minimum atomic E-state index is -0.342. The lowest BCUT2D eigenvalue weighted by Crippen LogP contribution is -2.25. The number of carbonyl (C=O) groups is 1. The van der Waals surface area contributed by atoms with Crippen LogP contribution >= 0.6 is 0 Å². The average Bonchev–Trinajstić information content (AvgIpc) is 2.62. The van der Waals surface area contributed by atoms with Crippen LogP contribution < -0.4 is 5.32 Å². The molecule has 0 aliphatic heterocycles. The molecule has 5 heteroatoms. The molecular formula is C19H23N3O2. The van der Waals surface area contributed by atoms with Gasteiger partial charge in [-0.25, -0.2) is 0 Å². The maximum Gasteiger partial charge on any atom is 0.250 e. The van der Waals surface area contributed by atoms with E-state index in [0.29, 0.717) is 12.3 Å². The Morgan fingerprint density at radius 2 is 2.00 bits per heavy atom. The highest BCUT2D eigenvalue weighted by Gasteiger charge is 2.11. The fourth-order valence-electron chi connectivity index (χ4n) is 1.67. The minimum Gasteiger partial charge on any atom is -0.506 e. The summed E-state index contributed by atoms with van der Waals surface area (Å²) >= 11 is 0. The number of nitrogens with zero attached hydrogens (tertiary/aromatic N) is 2. The average molecular weight is 325 g/mol. The first-order valence-corrected chi connectivity index (χ1v) is 7.53. The van der Waals surface area contributed by atoms with Crippen molar-refractivity contribution in [2.24, 2.45) is 4.99 Å². The van der Waals surface area contributed by atoms with Gasteiger partial charge in [-0.2, -0.15) is 0 Å². The molecule has 1 aromatic heterocycles. The van der Waals surface area contributed by atoms with E-state index in [2.05, 4.69) is 21.9 Å². The monoisotopic (exact) mass is 325 g/mol. The van der Waals surface area contributed by atoms with E-state index in [1.165, 1.54) is 0 Å². The lowest BCUT2D eigenvalue weighted by molar-refractivity contribution is -0.117. The van der Waals surface area contributed by atoms with Gasteiger partial charge >= 0.3 is 0 Å². The van der Waals surface area contributed by atoms with E-state index in [4.69, 9.17) is 0 Å². The molecule has 0 spiro atoms. The van der Waals surface area contributed by atoms with E-state index in [1.54, 1.807) is 44.6 Å². The van der Waals surface area contributed by atoms with Crippen LogP contribution in [0.2, 0.25) is 0 Å². The van der Waals surface area contributed by atoms with Gasteiger partial charge in [-0.3, -0.25) is 14.8 Å². The van der Waals surface area contributed by atoms with Crippen LogP contribution in [0.25, 0.3) is 0 Å². The third kappa shape index (κ3) is 6.44. The van der Waals surface area contributed by atoms with Crippen molar-refractivity contribution in [3.05, 3.63) is 78.0 Å². The number of hydrogen-bond donors (Lipinski definition) is 2. The number of aliphatic hydroxyl groups excluding tert-OH is 1. The molecule has 0 atom stereocenters. The second-order valence-corrected chi connectivity index (χ2v) is 5.18. The fourth-order valence-corrected chi connectivity index (χ4v) is 1.67. The predicted molar refractivity (Wildman–Crippen MR) is 97.6 cm³/mol. The quantitative estimate of drug-likeness (QED) is 0.348. The first-order chi connectivity index (χ1) is 11.5. The summed E-state index contributed by atoms with van der Waals surface area (Å²) in [6.07, 6.45) is 10.2. The molecule has 0 saturated carbocycles. The van der Waals surface area contributed by atoms with Crippen molar-refractivity contribution in [3.63, 3.8) is 0 Å². The van der Waals surface area contributed by atoms with Crippen molar-refractivity contribution < 1.29 is 9.90 Å². The van der Waals surface area contributed by atoms with Gasteiger partial charge in [-0.05, 0) is 44.5 Å². The van der Waals surface area contributed by atoms with Gasteiger partial charge in [0, 0.05) is 25.1 Å². The molecule has 0 saturated heterocycles. The van der Waals surface area contributed by atoms with E-state index in [0.717, 1.165) is 11.1 Å². The number of pyridine rings is 1. The van der Waals surface area contributed by atoms with Gasteiger partial charge in [0.15, 0.2) is 0 Å². The Balaban J connectivity index is 2.71. The second-order valence-electron chi connectivity index (χ2n) is 5.18. The van der Waals surface area contributed by atoms with Crippen molar-refractivity contribution in [1.82, 2.24) is 10.3 Å². The molecule has 1 aromatic rings. The van der Waals surface area contributed by atoms with Gasteiger partial charge in [-0.1, -0.05) is 24.3 Å². The number of amides is 1. The molecule has 0 fully saturated rings. The first-order valence-electron chi connectivity index (χ1n) is 7.53. The molecule has 1 rings (SSSR count). The zero-order chi connectivity index (χ0) is 17.9. The number of aliphatic imine (C=N–C) groups is 1. The summed E-state index contributed by atoms with van der Waals surface area (Å²) in [6.45, 7) is 9.14. The van der Waals surface area contributed by atoms with Crippen LogP contribution in [0.3, 0.4) is 0 Å². The second kappa shape index (κ2) is 9.94. The van der Waals surface area contributed by atoms with Crippen molar-refractivity contribution in [2.75, 3.05) is 0 Å². The van der Waals surface area contributed by atoms with Gasteiger partial charge in [0.1, 0.15) is 5.76 Å². The van der Waals surface area contributed by atoms with Gasteiger partial charge in [-0.15, -0.1) is 0 Å². The van der Waals surface area contributed by atoms with Crippen LogP contribution in [0, 0.1) is 0 Å². The molecular weight excluding hydrogens is 302 g/mol. The number of allylic oxidation sites excluding steroid dienone is 5. The third-order valence-electron chi connectivity index (χ3n) is 3.28. The minimum absolute atomic E-state index is 0.128. The Morgan fingerprint density at radius 1 is 1.33 bits per heavy atom. The maximum absolute atomic E-state index is 12.1. The Hall–Kier alpha value is -2.95. The van der Waals surface area contributed by atoms with Crippen LogP contribution in [0.5, 0.6) is 0 Å². The Morgan fingerprint density at radius 3 is 2.62 bits per heavy atom. The van der Waals surface area contributed by atoms with Gasteiger partial charge < -0.3 is 10.4 Å². The molecule has 0 aromatic carbocycles. The number of aromatic nitrogens is 1. The molecule has 126 valence electrons. The van der Waals surface area contributed by atoms with Crippen LogP contribution in [0.1, 0.15) is 26.3 Å². The molecule has 1 heterocycles. The number of nitrogens with one attached hydrogen (secondary N) is 1. The largest absolute Gasteiger partial charge is 0.506 e. The fraction of sp³-hybridized carbons (Fsp3) is 0.211. The lowest BCUT2D eigenvalue weighted by Gasteiger charge is -2.07. The van der Waals surface area contributed by atoms with Gasteiger partial charge in [0.2, 0.25) is 0 Å². The number of aliphatic hydroxyl groups is 1. The Bertz CT molecular complexity index is 699. The standard InChI is InChI=1S/C19H23N3O2/c1-5-14(2)7-6-10-21-16(4)18(23)15(3)19(24)22-13-17-8-11-20-12-9-17/h5-12,23H,1,13H2,2-4H3,(H,22,24)/b10-6-,14-7+,18-15-,21-16+. The molecule has 24 heavy (non-hydrogen) atoms. The molecule has 0 radical (unpaired) electrons. The van der Waals surface area contributed by atoms with E-state index >= 15 is 0 Å². The molecule has 0 unspecified atom stereocenters. The van der Waals surface area contributed by atoms with Crippen LogP contribution in [0.15, 0.2) is 77.4 Å². The van der Waals surface area contributed by atoms with Gasteiger partial charge in [0.25, 0.3) is 5.91 Å². The third-order valence-corrected chi connectivity index (χ3v) is 3.28. The molecule has 5 nitrogen and oxygen atoms in total. The van der Waals surface area contributed by atoms with Crippen molar-refractivity contribution in [2.45, 2.75) is 27.3 Å². The zero-order valence-corrected chi connectivity index (χ0v) is 14.3. The molecule has 0 bridgehead atoms. The van der Waals surface area contributed by atoms with Gasteiger partial charge in [0.05, 0.1) is 11.3 Å². The summed E-state index contributed by atoms with van der Waals surface area (Å²) in [5.41, 5.74) is 2.53. The van der Waals surface area contributed by atoms with E-state index < -0.39 is 0 Å². The highest BCUT2D eigenvalue weighted by Crippen LogP contribution is 2.05. The summed E-state index contributed by atoms with van der Waals surface area (Å²) in [7, 11) is 0. The predicted octanol–water partition coefficient (Wildman–Crippen LogP) is 3.64. The smallest absolute Gasteiger partial charge is 0.250 e. The lowest BCUT2D eigenvalue weighted by atomic mass is 10.2. The summed E-state index contributed by atoms with van der Waals surface area (Å²) in [6, 6.07) is 3.63. The van der Waals surface area contributed by atoms with Crippen LogP contribution in [-0.2, 0) is 11.3 Å². The Labute approximate surface area is 142 Å². The summed E-state index contributed by atoms with van der Waals surface area (Å²) in [5.74, 6) is -0.471. The summed E-state index contributed by atoms with van der Waals surface area (Å²) in [4.78, 5) is 20.1. The normalized spacial score (nSPS) is 13.6. The van der Waals surface area contributed by atoms with Crippen LogP contribution in [0.4, 0.5) is 0 Å². The SMILES string of the molecule is C=C/C(C)=C/C=C\N=C(C)\C(O)=C(/C)C(=O)NCc1ccncc1. The summed E-state index contributed by atoms with van der Waals surface area (Å²) < 4.78 is 0. The Kier molecular flexibility index (Phi) is 7.91. The highest BCUT2D eigenvalue weighted by atomic mass is 16.3. The van der Waals surface area contributed by atoms with Crippen molar-refractivity contribution in [3.8, 4) is 0 Å². The summed E-state index contributed by atoms with van der Waals surface area (Å²) in [5, 5.41) is 12.9. The van der Waals surface area contributed by atoms with E-state index in [-0.39, 0.29) is 17.2 Å². The van der Waals surface area contributed by atoms with E-state index in [1.807, 2.05) is 25.1 Å². The topological polar surface area (TPSA) is 74.6 Å². The first kappa shape index (κ1) is 19.1. The highest BCUT2D eigenvalue weighted by molar-refractivity contribution is 6.05. The molecule has 2 N–H and O–H groups in total. The number of rotatable bonds is 7. The van der Waals surface area contributed by atoms with Crippen LogP contribution in [-0.4, -0.2) is 21.7 Å². The molecule has 0 aliphatic rings. The molecule has 0 aliphatic carbocycles. The van der Waals surface area contributed by atoms with Crippen molar-refractivity contribution >= 4 is 11.6 Å².